The molecule has 0 aliphatic carbocycles. The van der Waals surface area contributed by atoms with Crippen LogP contribution in [0.4, 0.5) is 14.5 Å². The van der Waals surface area contributed by atoms with Gasteiger partial charge in [0, 0.05) is 17.1 Å². The number of hydrogen-bond acceptors (Lipinski definition) is 4. The Morgan fingerprint density at radius 2 is 1.80 bits per heavy atom. The van der Waals surface area contributed by atoms with Crippen molar-refractivity contribution in [3.05, 3.63) is 79.5 Å². The Morgan fingerprint density at radius 1 is 1.03 bits per heavy atom. The zero-order chi connectivity index (χ0) is 21.8. The van der Waals surface area contributed by atoms with E-state index < -0.39 is 29.2 Å². The van der Waals surface area contributed by atoms with E-state index in [1.807, 2.05) is 0 Å². The summed E-state index contributed by atoms with van der Waals surface area (Å²) in [4.78, 5) is 25.0. The summed E-state index contributed by atoms with van der Waals surface area (Å²) in [5, 5.41) is 14.7. The minimum atomic E-state index is -0.941. The van der Waals surface area contributed by atoms with Crippen molar-refractivity contribution in [1.29, 1.82) is 0 Å². The third-order valence-corrected chi connectivity index (χ3v) is 5.68. The topological polar surface area (TPSA) is 78.4 Å². The van der Waals surface area contributed by atoms with Gasteiger partial charge in [0.15, 0.2) is 11.6 Å². The lowest BCUT2D eigenvalue weighted by molar-refractivity contribution is 0.0959. The second kappa shape index (κ2) is 9.42. The molecule has 1 heterocycles. The Morgan fingerprint density at radius 3 is 2.50 bits per heavy atom. The molecular weight excluding hydrogens is 457 g/mol. The number of phenolic OH excluding ortho intramolecular Hbond substituents is 1. The molecule has 0 spiro atoms. The largest absolute Gasteiger partial charge is 0.505 e. The summed E-state index contributed by atoms with van der Waals surface area (Å²) >= 11 is 12.9. The number of carbonyl (C=O) groups excluding carboxylic acids is 2. The molecule has 3 rings (SSSR count). The Kier molecular flexibility index (Phi) is 6.91. The monoisotopic (exact) mass is 470 g/mol. The van der Waals surface area contributed by atoms with Gasteiger partial charge in [-0.2, -0.15) is 0 Å². The van der Waals surface area contributed by atoms with E-state index in [9.17, 15) is 23.5 Å². The number of benzene rings is 2. The highest BCUT2D eigenvalue weighted by Crippen LogP contribution is 2.31. The first-order valence-corrected chi connectivity index (χ1v) is 10.1. The molecule has 30 heavy (non-hydrogen) atoms. The lowest BCUT2D eigenvalue weighted by Gasteiger charge is -2.09. The van der Waals surface area contributed by atoms with Crippen molar-refractivity contribution >= 4 is 52.0 Å². The zero-order valence-electron chi connectivity index (χ0n) is 15.1. The summed E-state index contributed by atoms with van der Waals surface area (Å²) in [5.41, 5.74) is 0.802. The zero-order valence-corrected chi connectivity index (χ0v) is 17.5. The van der Waals surface area contributed by atoms with Crippen LogP contribution in [0.3, 0.4) is 0 Å². The molecule has 0 saturated carbocycles. The predicted molar refractivity (Wildman–Crippen MR) is 113 cm³/mol. The number of thiophene rings is 1. The van der Waals surface area contributed by atoms with E-state index in [4.69, 9.17) is 23.2 Å². The smallest absolute Gasteiger partial charge is 0.263 e. The molecule has 10 heteroatoms. The fourth-order valence-electron chi connectivity index (χ4n) is 2.58. The van der Waals surface area contributed by atoms with Crippen molar-refractivity contribution in [3.63, 3.8) is 0 Å². The number of nitrogens with one attached hydrogen (secondary N) is 2. The van der Waals surface area contributed by atoms with Crippen LogP contribution < -0.4 is 10.6 Å². The van der Waals surface area contributed by atoms with Gasteiger partial charge in [0.2, 0.25) is 0 Å². The summed E-state index contributed by atoms with van der Waals surface area (Å²) in [6.07, 6.45) is 0.373. The molecule has 2 aromatic carbocycles. The van der Waals surface area contributed by atoms with Gasteiger partial charge in [0.25, 0.3) is 11.8 Å². The van der Waals surface area contributed by atoms with E-state index >= 15 is 0 Å². The fraction of sp³-hybridized carbons (Fsp3) is 0.100. The van der Waals surface area contributed by atoms with Gasteiger partial charge < -0.3 is 15.7 Å². The molecule has 0 atom stereocenters. The highest BCUT2D eigenvalue weighted by atomic mass is 35.5. The first-order chi connectivity index (χ1) is 14.2. The molecule has 156 valence electrons. The van der Waals surface area contributed by atoms with Crippen molar-refractivity contribution in [3.8, 4) is 5.75 Å². The van der Waals surface area contributed by atoms with Gasteiger partial charge in [-0.1, -0.05) is 29.3 Å². The van der Waals surface area contributed by atoms with Crippen LogP contribution in [0.15, 0.2) is 42.5 Å². The molecule has 0 bridgehead atoms. The van der Waals surface area contributed by atoms with E-state index in [1.54, 1.807) is 0 Å². The molecule has 0 fully saturated rings. The first-order valence-electron chi connectivity index (χ1n) is 8.56. The van der Waals surface area contributed by atoms with Gasteiger partial charge in [0.05, 0.1) is 10.0 Å². The van der Waals surface area contributed by atoms with Crippen molar-refractivity contribution in [2.75, 3.05) is 11.9 Å². The van der Waals surface area contributed by atoms with Crippen molar-refractivity contribution in [2.24, 2.45) is 0 Å². The van der Waals surface area contributed by atoms with Gasteiger partial charge in [-0.25, -0.2) is 8.78 Å². The van der Waals surface area contributed by atoms with Crippen LogP contribution in [0.2, 0.25) is 9.36 Å². The Balaban J connectivity index is 1.67. The number of rotatable bonds is 6. The summed E-state index contributed by atoms with van der Waals surface area (Å²) in [6.45, 7) is 0.219. The summed E-state index contributed by atoms with van der Waals surface area (Å²) in [6, 6.07) is 8.60. The highest BCUT2D eigenvalue weighted by Gasteiger charge is 2.19. The molecule has 5 nitrogen and oxygen atoms in total. The molecule has 0 aliphatic rings. The van der Waals surface area contributed by atoms with Crippen LogP contribution in [0.25, 0.3) is 0 Å². The minimum absolute atomic E-state index is 0.0371. The number of phenols is 1. The van der Waals surface area contributed by atoms with Gasteiger partial charge in [-0.15, -0.1) is 11.3 Å². The number of anilines is 1. The summed E-state index contributed by atoms with van der Waals surface area (Å²) in [5.74, 6) is -3.11. The Bertz CT molecular complexity index is 1120. The number of hydrogen-bond donors (Lipinski definition) is 3. The average molecular weight is 471 g/mol. The maximum absolute atomic E-state index is 13.5. The van der Waals surface area contributed by atoms with Crippen LogP contribution in [-0.4, -0.2) is 23.5 Å². The van der Waals surface area contributed by atoms with Crippen molar-refractivity contribution in [1.82, 2.24) is 5.32 Å². The summed E-state index contributed by atoms with van der Waals surface area (Å²) < 4.78 is 26.9. The number of aromatic hydroxyl groups is 1. The van der Waals surface area contributed by atoms with E-state index in [0.717, 1.165) is 23.5 Å². The second-order valence-electron chi connectivity index (χ2n) is 6.16. The van der Waals surface area contributed by atoms with Crippen LogP contribution in [0, 0.1) is 11.6 Å². The average Bonchev–Trinajstić information content (AvgIpc) is 3.05. The van der Waals surface area contributed by atoms with Gasteiger partial charge in [0.1, 0.15) is 10.7 Å². The minimum Gasteiger partial charge on any atom is -0.505 e. The predicted octanol–water partition coefficient (Wildman–Crippen LogP) is 5.26. The van der Waals surface area contributed by atoms with Gasteiger partial charge in [-0.05, 0) is 48.4 Å². The second-order valence-corrected chi connectivity index (χ2v) is 8.25. The van der Waals surface area contributed by atoms with E-state index in [-0.39, 0.29) is 32.0 Å². The van der Waals surface area contributed by atoms with Crippen molar-refractivity contribution < 1.29 is 23.5 Å². The number of halogens is 4. The van der Waals surface area contributed by atoms with Crippen LogP contribution >= 0.6 is 34.5 Å². The van der Waals surface area contributed by atoms with Gasteiger partial charge >= 0.3 is 0 Å². The molecule has 2 amide bonds. The van der Waals surface area contributed by atoms with Crippen LogP contribution in [0.5, 0.6) is 5.75 Å². The summed E-state index contributed by atoms with van der Waals surface area (Å²) in [7, 11) is 0. The molecule has 0 saturated heterocycles. The van der Waals surface area contributed by atoms with E-state index in [2.05, 4.69) is 10.6 Å². The lowest BCUT2D eigenvalue weighted by Crippen LogP contribution is -2.26. The maximum Gasteiger partial charge on any atom is 0.263 e. The number of carbonyl (C=O) groups is 2. The Hall–Kier alpha value is -2.68. The maximum atomic E-state index is 13.5. The van der Waals surface area contributed by atoms with Crippen LogP contribution in [-0.2, 0) is 6.42 Å². The normalized spacial score (nSPS) is 10.7. The van der Waals surface area contributed by atoms with E-state index in [1.165, 1.54) is 30.3 Å². The van der Waals surface area contributed by atoms with Gasteiger partial charge in [-0.3, -0.25) is 9.59 Å². The molecule has 3 aromatic rings. The molecular formula is C20H14Cl2F2N2O3S. The molecule has 3 N–H and O–H groups in total. The third-order valence-electron chi connectivity index (χ3n) is 4.06. The molecule has 0 unspecified atom stereocenters. The quantitative estimate of drug-likeness (QED) is 0.459. The number of amides is 2. The highest BCUT2D eigenvalue weighted by molar-refractivity contribution is 7.18. The van der Waals surface area contributed by atoms with Crippen molar-refractivity contribution in [2.45, 2.75) is 6.42 Å². The SMILES string of the molecule is O=C(Nc1cc(Cl)sc1C(=O)NCCc1ccc(F)cc1Cl)c1ccc(O)c(F)c1. The van der Waals surface area contributed by atoms with E-state index in [0.29, 0.717) is 12.0 Å². The fourth-order valence-corrected chi connectivity index (χ4v) is 3.94. The standard InChI is InChI=1S/C20H14Cl2F2N2O3S/c21-13-8-12(23)3-1-10(13)5-6-25-20(29)18-15(9-17(22)30-18)26-19(28)11-2-4-16(27)14(24)7-11/h1-4,7-9,27H,5-6H2,(H,25,29)(H,26,28). The third kappa shape index (κ3) is 5.27. The Labute approximate surface area is 184 Å². The molecule has 0 radical (unpaired) electrons. The molecule has 1 aromatic heterocycles. The lowest BCUT2D eigenvalue weighted by atomic mass is 10.1. The first kappa shape index (κ1) is 22.0. The molecule has 0 aliphatic heterocycles. The van der Waals surface area contributed by atoms with Crippen LogP contribution in [0.1, 0.15) is 25.6 Å².